The highest BCUT2D eigenvalue weighted by Gasteiger charge is 2.27. The summed E-state index contributed by atoms with van der Waals surface area (Å²) >= 11 is 0. The van der Waals surface area contributed by atoms with Gasteiger partial charge in [0, 0.05) is 6.07 Å². The number of benzene rings is 1. The van der Waals surface area contributed by atoms with E-state index in [1.807, 2.05) is 0 Å². The number of guanidine groups is 2. The zero-order chi connectivity index (χ0) is 14.7. The van der Waals surface area contributed by atoms with E-state index in [-0.39, 0.29) is 0 Å². The molecule has 0 saturated carbocycles. The number of nitro benzene ring substituents is 1. The molecule has 8 nitrogen and oxygen atoms in total. The van der Waals surface area contributed by atoms with Gasteiger partial charge in [-0.15, -0.1) is 0 Å². The van der Waals surface area contributed by atoms with Crippen LogP contribution in [0.3, 0.4) is 0 Å². The Morgan fingerprint density at radius 1 is 1.21 bits per heavy atom. The van der Waals surface area contributed by atoms with E-state index < -0.39 is 45.7 Å². The van der Waals surface area contributed by atoms with E-state index in [1.165, 1.54) is 0 Å². The van der Waals surface area contributed by atoms with Gasteiger partial charge < -0.3 is 17.2 Å². The van der Waals surface area contributed by atoms with Crippen molar-refractivity contribution in [3.05, 3.63) is 33.6 Å². The zero-order valence-corrected chi connectivity index (χ0v) is 9.10. The minimum absolute atomic E-state index is 0.297. The van der Waals surface area contributed by atoms with Gasteiger partial charge in [0.25, 0.3) is 0 Å². The Kier molecular flexibility index (Phi) is 3.89. The van der Waals surface area contributed by atoms with Crippen LogP contribution in [0.1, 0.15) is 0 Å². The van der Waals surface area contributed by atoms with Gasteiger partial charge in [-0.2, -0.15) is 9.38 Å². The summed E-state index contributed by atoms with van der Waals surface area (Å²) in [6.07, 6.45) is 0. The van der Waals surface area contributed by atoms with Gasteiger partial charge in [0.1, 0.15) is 0 Å². The maximum atomic E-state index is 13.2. The fraction of sp³-hybridized carbons (Fsp3) is 0. The van der Waals surface area contributed by atoms with E-state index in [4.69, 9.17) is 17.2 Å². The van der Waals surface area contributed by atoms with Crippen molar-refractivity contribution in [1.29, 1.82) is 0 Å². The van der Waals surface area contributed by atoms with Gasteiger partial charge in [-0.1, -0.05) is 0 Å². The Bertz CT molecular complexity index is 597. The van der Waals surface area contributed by atoms with Gasteiger partial charge >= 0.3 is 5.69 Å². The van der Waals surface area contributed by atoms with Crippen LogP contribution in [0, 0.1) is 27.6 Å². The van der Waals surface area contributed by atoms with E-state index in [0.717, 1.165) is 0 Å². The summed E-state index contributed by atoms with van der Waals surface area (Å²) in [6, 6.07) is 0.297. The smallest absolute Gasteiger partial charge is 0.333 e. The highest BCUT2D eigenvalue weighted by molar-refractivity contribution is 5.94. The molecule has 0 heterocycles. The average molecular weight is 276 g/mol. The lowest BCUT2D eigenvalue weighted by molar-refractivity contribution is -0.387. The number of aliphatic imine (C=N–C) groups is 2. The van der Waals surface area contributed by atoms with Crippen LogP contribution in [-0.4, -0.2) is 16.8 Å². The van der Waals surface area contributed by atoms with Crippen LogP contribution < -0.4 is 17.2 Å². The summed E-state index contributed by atoms with van der Waals surface area (Å²) in [5.41, 5.74) is 12.8. The molecule has 0 radical (unpaired) electrons. The van der Waals surface area contributed by atoms with Gasteiger partial charge in [-0.05, 0) is 0 Å². The quantitative estimate of drug-likeness (QED) is 0.232. The molecule has 0 saturated heterocycles. The zero-order valence-electron chi connectivity index (χ0n) is 9.10. The second-order valence-corrected chi connectivity index (χ2v) is 3.12. The summed E-state index contributed by atoms with van der Waals surface area (Å²) in [5, 5.41) is 10.6. The number of hydrogen-bond acceptors (Lipinski definition) is 3. The molecule has 6 N–H and O–H groups in total. The van der Waals surface area contributed by atoms with E-state index in [9.17, 15) is 23.3 Å². The number of nitrogens with two attached hydrogens (primary N) is 3. The molecule has 0 aliphatic rings. The van der Waals surface area contributed by atoms with Crippen molar-refractivity contribution < 1.29 is 18.1 Å². The summed E-state index contributed by atoms with van der Waals surface area (Å²) < 4.78 is 39.1. The van der Waals surface area contributed by atoms with Crippen LogP contribution in [0.2, 0.25) is 0 Å². The molecule has 0 aliphatic carbocycles. The molecule has 102 valence electrons. The molecule has 11 heteroatoms. The predicted octanol–water partition coefficient (Wildman–Crippen LogP) is 0.232. The molecular formula is C8H7F3N6O2. The van der Waals surface area contributed by atoms with E-state index >= 15 is 0 Å². The first-order valence-corrected chi connectivity index (χ1v) is 4.49. The molecule has 0 amide bonds. The Hall–Kier alpha value is -2.85. The van der Waals surface area contributed by atoms with E-state index in [2.05, 4.69) is 9.98 Å². The Morgan fingerprint density at radius 3 is 2.26 bits per heavy atom. The topological polar surface area (TPSA) is 146 Å². The van der Waals surface area contributed by atoms with Crippen LogP contribution in [0.4, 0.5) is 24.5 Å². The fourth-order valence-electron chi connectivity index (χ4n) is 1.11. The van der Waals surface area contributed by atoms with Crippen LogP contribution >= 0.6 is 0 Å². The summed E-state index contributed by atoms with van der Waals surface area (Å²) in [6.45, 7) is 0. The Labute approximate surface area is 103 Å². The molecule has 1 aromatic carbocycles. The molecular weight excluding hydrogens is 269 g/mol. The lowest BCUT2D eigenvalue weighted by atomic mass is 10.2. The van der Waals surface area contributed by atoms with Crippen molar-refractivity contribution in [3.63, 3.8) is 0 Å². The largest absolute Gasteiger partial charge is 0.370 e. The lowest BCUT2D eigenvalue weighted by Crippen LogP contribution is -2.26. The number of halogens is 3. The molecule has 0 fully saturated rings. The SMILES string of the molecule is NC(N)=NC(N)=Nc1cc(F)c(F)c(F)c1[N+](=O)[O-]. The van der Waals surface area contributed by atoms with Crippen LogP contribution in [0.15, 0.2) is 16.1 Å². The average Bonchev–Trinajstić information content (AvgIpc) is 2.24. The Morgan fingerprint density at radius 2 is 1.79 bits per heavy atom. The molecule has 0 aliphatic heterocycles. The normalized spacial score (nSPS) is 11.2. The van der Waals surface area contributed by atoms with Crippen molar-refractivity contribution in [2.75, 3.05) is 0 Å². The molecule has 0 atom stereocenters. The second kappa shape index (κ2) is 5.20. The van der Waals surface area contributed by atoms with Crippen LogP contribution in [0.25, 0.3) is 0 Å². The summed E-state index contributed by atoms with van der Waals surface area (Å²) in [4.78, 5) is 15.7. The molecule has 0 bridgehead atoms. The number of nitro groups is 1. The van der Waals surface area contributed by atoms with E-state index in [1.54, 1.807) is 0 Å². The lowest BCUT2D eigenvalue weighted by Gasteiger charge is -2.01. The molecule has 0 unspecified atom stereocenters. The van der Waals surface area contributed by atoms with Gasteiger partial charge in [0.2, 0.25) is 17.6 Å². The predicted molar refractivity (Wildman–Crippen MR) is 60.1 cm³/mol. The molecule has 1 aromatic rings. The third-order valence-corrected chi connectivity index (χ3v) is 1.78. The highest BCUT2D eigenvalue weighted by Crippen LogP contribution is 2.33. The van der Waals surface area contributed by atoms with Gasteiger partial charge in [0.05, 0.1) is 4.92 Å². The maximum Gasteiger partial charge on any atom is 0.333 e. The van der Waals surface area contributed by atoms with Crippen molar-refractivity contribution in [2.24, 2.45) is 27.2 Å². The first-order valence-electron chi connectivity index (χ1n) is 4.49. The minimum Gasteiger partial charge on any atom is -0.370 e. The third-order valence-electron chi connectivity index (χ3n) is 1.78. The van der Waals surface area contributed by atoms with Crippen molar-refractivity contribution >= 4 is 23.3 Å². The second-order valence-electron chi connectivity index (χ2n) is 3.12. The fourth-order valence-corrected chi connectivity index (χ4v) is 1.11. The van der Waals surface area contributed by atoms with Crippen molar-refractivity contribution in [3.8, 4) is 0 Å². The maximum absolute atomic E-state index is 13.2. The molecule has 1 rings (SSSR count). The molecule has 0 spiro atoms. The first kappa shape index (κ1) is 14.2. The van der Waals surface area contributed by atoms with Gasteiger partial charge in [-0.3, -0.25) is 10.1 Å². The van der Waals surface area contributed by atoms with Gasteiger partial charge in [0.15, 0.2) is 17.5 Å². The minimum atomic E-state index is -2.00. The monoisotopic (exact) mass is 276 g/mol. The standard InChI is InChI=1S/C8H7F3N6O2/c9-2-1-3(15-8(14)16-7(12)13)6(17(18)19)5(11)4(2)10/h1H,(H6,12,13,14,15,16). The third kappa shape index (κ3) is 3.08. The summed E-state index contributed by atoms with van der Waals surface area (Å²) in [5.74, 6) is -6.87. The van der Waals surface area contributed by atoms with Crippen LogP contribution in [-0.2, 0) is 0 Å². The Balaban J connectivity index is 3.52. The number of hydrogen-bond donors (Lipinski definition) is 3. The number of nitrogens with zero attached hydrogens (tertiary/aromatic N) is 3. The summed E-state index contributed by atoms with van der Waals surface area (Å²) in [7, 11) is 0. The van der Waals surface area contributed by atoms with E-state index in [0.29, 0.717) is 6.07 Å². The molecule has 19 heavy (non-hydrogen) atoms. The highest BCUT2D eigenvalue weighted by atomic mass is 19.2. The number of rotatable bonds is 2. The first-order chi connectivity index (χ1) is 8.73. The van der Waals surface area contributed by atoms with Crippen LogP contribution in [0.5, 0.6) is 0 Å². The van der Waals surface area contributed by atoms with Crippen molar-refractivity contribution in [2.45, 2.75) is 0 Å². The van der Waals surface area contributed by atoms with Gasteiger partial charge in [-0.25, -0.2) is 13.8 Å². The molecule has 0 aromatic heterocycles. The van der Waals surface area contributed by atoms with Crippen molar-refractivity contribution in [1.82, 2.24) is 0 Å².